The van der Waals surface area contributed by atoms with Crippen LogP contribution in [0.2, 0.25) is 0 Å². The van der Waals surface area contributed by atoms with Crippen LogP contribution in [-0.4, -0.2) is 5.67 Å². The Labute approximate surface area is 122 Å². The Morgan fingerprint density at radius 3 is 2.80 bits per heavy atom. The highest BCUT2D eigenvalue weighted by Crippen LogP contribution is 2.47. The molecule has 3 rings (SSSR count). The molecule has 0 bridgehead atoms. The van der Waals surface area contributed by atoms with E-state index in [0.29, 0.717) is 17.8 Å². The van der Waals surface area contributed by atoms with Crippen LogP contribution in [0.1, 0.15) is 52.4 Å². The maximum Gasteiger partial charge on any atom is 0.108 e. The number of rotatable bonds is 3. The van der Waals surface area contributed by atoms with Gasteiger partial charge in [-0.15, -0.1) is 0 Å². The highest BCUT2D eigenvalue weighted by Gasteiger charge is 2.41. The molecular formula is C19H27F. The summed E-state index contributed by atoms with van der Waals surface area (Å²) in [5, 5.41) is 0. The SMILES string of the molecule is C/C=C\C1CC2=CC=CC2CC(CC2CC(C)(F)C2)C1. The molecule has 0 nitrogen and oxygen atoms in total. The van der Waals surface area contributed by atoms with Crippen LogP contribution in [0.25, 0.3) is 0 Å². The fourth-order valence-corrected chi connectivity index (χ4v) is 4.67. The molecule has 110 valence electrons. The van der Waals surface area contributed by atoms with Crippen molar-refractivity contribution in [2.75, 3.05) is 0 Å². The highest BCUT2D eigenvalue weighted by molar-refractivity contribution is 5.29. The Morgan fingerprint density at radius 1 is 1.30 bits per heavy atom. The van der Waals surface area contributed by atoms with Gasteiger partial charge in [0, 0.05) is 0 Å². The predicted molar refractivity (Wildman–Crippen MR) is 83.2 cm³/mol. The van der Waals surface area contributed by atoms with Gasteiger partial charge < -0.3 is 0 Å². The van der Waals surface area contributed by atoms with Gasteiger partial charge in [0.2, 0.25) is 0 Å². The second-order valence-electron chi connectivity index (χ2n) is 7.48. The molecular weight excluding hydrogens is 247 g/mol. The van der Waals surface area contributed by atoms with E-state index in [9.17, 15) is 4.39 Å². The molecule has 0 heterocycles. The van der Waals surface area contributed by atoms with Crippen molar-refractivity contribution in [3.63, 3.8) is 0 Å². The molecule has 1 heteroatoms. The van der Waals surface area contributed by atoms with Crippen LogP contribution < -0.4 is 0 Å². The van der Waals surface area contributed by atoms with E-state index in [-0.39, 0.29) is 0 Å². The zero-order valence-corrected chi connectivity index (χ0v) is 12.8. The minimum Gasteiger partial charge on any atom is -0.244 e. The summed E-state index contributed by atoms with van der Waals surface area (Å²) in [6, 6.07) is 0. The number of fused-ring (bicyclic) bond motifs is 1. The van der Waals surface area contributed by atoms with Crippen LogP contribution in [0.5, 0.6) is 0 Å². The van der Waals surface area contributed by atoms with E-state index in [0.717, 1.165) is 18.8 Å². The van der Waals surface area contributed by atoms with Gasteiger partial charge in [-0.05, 0) is 76.0 Å². The molecule has 0 aromatic carbocycles. The minimum absolute atomic E-state index is 0.636. The Balaban J connectivity index is 1.64. The zero-order chi connectivity index (χ0) is 14.2. The molecule has 0 aromatic heterocycles. The number of alkyl halides is 1. The van der Waals surface area contributed by atoms with Gasteiger partial charge in [-0.25, -0.2) is 4.39 Å². The Hall–Kier alpha value is -0.850. The van der Waals surface area contributed by atoms with Gasteiger partial charge in [-0.3, -0.25) is 0 Å². The summed E-state index contributed by atoms with van der Waals surface area (Å²) in [7, 11) is 0. The third kappa shape index (κ3) is 3.07. The number of allylic oxidation sites excluding steroid dienone is 6. The third-order valence-corrected chi connectivity index (χ3v) is 5.41. The van der Waals surface area contributed by atoms with E-state index < -0.39 is 5.67 Å². The van der Waals surface area contributed by atoms with E-state index in [2.05, 4.69) is 37.3 Å². The molecule has 2 fully saturated rings. The second-order valence-corrected chi connectivity index (χ2v) is 7.48. The average molecular weight is 274 g/mol. The van der Waals surface area contributed by atoms with Gasteiger partial charge in [0.25, 0.3) is 0 Å². The Morgan fingerprint density at radius 2 is 2.10 bits per heavy atom. The highest BCUT2D eigenvalue weighted by atomic mass is 19.1. The molecule has 3 aliphatic carbocycles. The first-order valence-electron chi connectivity index (χ1n) is 8.25. The molecule has 0 radical (unpaired) electrons. The number of hydrogen-bond acceptors (Lipinski definition) is 0. The molecule has 2 saturated carbocycles. The van der Waals surface area contributed by atoms with Gasteiger partial charge in [0.1, 0.15) is 5.67 Å². The quantitative estimate of drug-likeness (QED) is 0.586. The van der Waals surface area contributed by atoms with E-state index >= 15 is 0 Å². The fraction of sp³-hybridized carbons (Fsp3) is 0.684. The third-order valence-electron chi connectivity index (χ3n) is 5.41. The van der Waals surface area contributed by atoms with E-state index in [1.165, 1.54) is 25.7 Å². The largest absolute Gasteiger partial charge is 0.244 e. The Kier molecular flexibility index (Phi) is 3.88. The van der Waals surface area contributed by atoms with Crippen molar-refractivity contribution in [3.05, 3.63) is 36.0 Å². The van der Waals surface area contributed by atoms with Crippen LogP contribution >= 0.6 is 0 Å². The van der Waals surface area contributed by atoms with Gasteiger partial charge in [-0.2, -0.15) is 0 Å². The summed E-state index contributed by atoms with van der Waals surface area (Å²) in [5.74, 6) is 2.78. The van der Waals surface area contributed by atoms with E-state index in [1.54, 1.807) is 12.5 Å². The molecule has 3 atom stereocenters. The van der Waals surface area contributed by atoms with Crippen LogP contribution in [0.3, 0.4) is 0 Å². The minimum atomic E-state index is -0.865. The molecule has 3 unspecified atom stereocenters. The first-order chi connectivity index (χ1) is 9.55. The lowest BCUT2D eigenvalue weighted by Gasteiger charge is -2.40. The van der Waals surface area contributed by atoms with Gasteiger partial charge >= 0.3 is 0 Å². The molecule has 0 saturated heterocycles. The Bertz CT molecular complexity index is 433. The van der Waals surface area contributed by atoms with Crippen molar-refractivity contribution < 1.29 is 4.39 Å². The van der Waals surface area contributed by atoms with Crippen molar-refractivity contribution in [2.45, 2.75) is 58.0 Å². The normalized spacial score (nSPS) is 44.0. The first-order valence-corrected chi connectivity index (χ1v) is 8.25. The summed E-state index contributed by atoms with van der Waals surface area (Å²) < 4.78 is 13.7. The fourth-order valence-electron chi connectivity index (χ4n) is 4.67. The van der Waals surface area contributed by atoms with Crippen LogP contribution in [0, 0.1) is 23.7 Å². The maximum absolute atomic E-state index is 13.7. The van der Waals surface area contributed by atoms with Gasteiger partial charge in [0.15, 0.2) is 0 Å². The van der Waals surface area contributed by atoms with Crippen molar-refractivity contribution in [1.82, 2.24) is 0 Å². The summed E-state index contributed by atoms with van der Waals surface area (Å²) in [5.41, 5.74) is 0.760. The number of halogens is 1. The van der Waals surface area contributed by atoms with E-state index in [1.807, 2.05) is 0 Å². The van der Waals surface area contributed by atoms with Crippen molar-refractivity contribution in [3.8, 4) is 0 Å². The molecule has 0 aromatic rings. The monoisotopic (exact) mass is 274 g/mol. The summed E-state index contributed by atoms with van der Waals surface area (Å²) in [4.78, 5) is 0. The molecule has 0 N–H and O–H groups in total. The second kappa shape index (κ2) is 5.50. The van der Waals surface area contributed by atoms with Gasteiger partial charge in [-0.1, -0.05) is 36.0 Å². The zero-order valence-electron chi connectivity index (χ0n) is 12.8. The van der Waals surface area contributed by atoms with Crippen LogP contribution in [0.4, 0.5) is 4.39 Å². The van der Waals surface area contributed by atoms with Gasteiger partial charge in [0.05, 0.1) is 0 Å². The van der Waals surface area contributed by atoms with Crippen molar-refractivity contribution in [2.24, 2.45) is 23.7 Å². The predicted octanol–water partition coefficient (Wildman–Crippen LogP) is 5.62. The average Bonchev–Trinajstić information content (AvgIpc) is 2.68. The van der Waals surface area contributed by atoms with Crippen molar-refractivity contribution in [1.29, 1.82) is 0 Å². The molecule has 0 spiro atoms. The van der Waals surface area contributed by atoms with Crippen LogP contribution in [0.15, 0.2) is 36.0 Å². The summed E-state index contributed by atoms with van der Waals surface area (Å²) in [6.07, 6.45) is 18.2. The lowest BCUT2D eigenvalue weighted by Crippen LogP contribution is -2.37. The smallest absolute Gasteiger partial charge is 0.108 e. The maximum atomic E-state index is 13.7. The summed E-state index contributed by atoms with van der Waals surface area (Å²) in [6.45, 7) is 3.89. The molecule has 0 amide bonds. The molecule has 3 aliphatic rings. The first kappa shape index (κ1) is 14.1. The van der Waals surface area contributed by atoms with Crippen LogP contribution in [-0.2, 0) is 0 Å². The molecule has 0 aliphatic heterocycles. The lowest BCUT2D eigenvalue weighted by atomic mass is 9.68. The summed E-state index contributed by atoms with van der Waals surface area (Å²) >= 11 is 0. The van der Waals surface area contributed by atoms with Crippen molar-refractivity contribution >= 4 is 0 Å². The molecule has 20 heavy (non-hydrogen) atoms. The number of hydrogen-bond donors (Lipinski definition) is 0. The topological polar surface area (TPSA) is 0 Å². The van der Waals surface area contributed by atoms with E-state index in [4.69, 9.17) is 0 Å². The lowest BCUT2D eigenvalue weighted by molar-refractivity contribution is 0.0114. The standard InChI is InChI=1S/C19H27F/c1-3-5-14-8-15(9-16-12-19(2,20)13-16)11-18-7-4-6-17(18)10-14/h3-7,14-16,18H,8-13H2,1-2H3/b5-3-.